The second-order valence-electron chi connectivity index (χ2n) is 3.99. The Morgan fingerprint density at radius 3 is 2.58 bits per heavy atom. The molecule has 2 aliphatic rings. The third-order valence-electron chi connectivity index (χ3n) is 3.04. The Balaban J connectivity index is 2.01. The van der Waals surface area contributed by atoms with E-state index in [0.717, 1.165) is 32.5 Å². The Hall–Kier alpha value is -0.120. The van der Waals surface area contributed by atoms with Crippen LogP contribution in [0.1, 0.15) is 26.2 Å². The van der Waals surface area contributed by atoms with E-state index in [-0.39, 0.29) is 5.79 Å². The predicted molar refractivity (Wildman–Crippen MR) is 45.6 cm³/mol. The van der Waals surface area contributed by atoms with Gasteiger partial charge in [0.2, 0.25) is 0 Å². The highest BCUT2D eigenvalue weighted by atomic mass is 16.7. The molecule has 3 heteroatoms. The van der Waals surface area contributed by atoms with Gasteiger partial charge in [-0.25, -0.2) is 0 Å². The van der Waals surface area contributed by atoms with Crippen molar-refractivity contribution in [1.29, 1.82) is 0 Å². The second kappa shape index (κ2) is 2.98. The first-order chi connectivity index (χ1) is 5.72. The number of rotatable bonds is 0. The minimum atomic E-state index is -0.255. The van der Waals surface area contributed by atoms with Crippen LogP contribution < -0.4 is 5.73 Å². The van der Waals surface area contributed by atoms with Gasteiger partial charge in [-0.15, -0.1) is 0 Å². The molecule has 2 fully saturated rings. The summed E-state index contributed by atoms with van der Waals surface area (Å²) in [4.78, 5) is 0. The second-order valence-corrected chi connectivity index (χ2v) is 3.99. The molecule has 2 rings (SSSR count). The molecule has 0 amide bonds. The van der Waals surface area contributed by atoms with E-state index in [4.69, 9.17) is 15.2 Å². The average molecular weight is 171 g/mol. The number of ether oxygens (including phenoxy) is 2. The van der Waals surface area contributed by atoms with Crippen LogP contribution in [0, 0.1) is 5.92 Å². The molecule has 1 spiro atoms. The molecule has 0 aromatic carbocycles. The normalized spacial score (nSPS) is 40.5. The predicted octanol–water partition coefficient (Wildman–Crippen LogP) is 0.877. The molecule has 1 aliphatic heterocycles. The quantitative estimate of drug-likeness (QED) is 0.588. The molecule has 0 bridgehead atoms. The molecule has 12 heavy (non-hydrogen) atoms. The van der Waals surface area contributed by atoms with Crippen molar-refractivity contribution in [3.63, 3.8) is 0 Å². The van der Waals surface area contributed by atoms with Crippen LogP contribution in [0.15, 0.2) is 0 Å². The molecule has 70 valence electrons. The van der Waals surface area contributed by atoms with E-state index in [9.17, 15) is 0 Å². The lowest BCUT2D eigenvalue weighted by molar-refractivity contribution is -0.187. The average Bonchev–Trinajstić information content (AvgIpc) is 2.47. The minimum absolute atomic E-state index is 0.255. The fourth-order valence-corrected chi connectivity index (χ4v) is 2.17. The lowest BCUT2D eigenvalue weighted by Gasteiger charge is -2.38. The van der Waals surface area contributed by atoms with Gasteiger partial charge in [-0.1, -0.05) is 6.92 Å². The zero-order valence-corrected chi connectivity index (χ0v) is 7.58. The maximum absolute atomic E-state index is 5.92. The summed E-state index contributed by atoms with van der Waals surface area (Å²) in [5.74, 6) is 0.270. The van der Waals surface area contributed by atoms with Crippen LogP contribution in [0.25, 0.3) is 0 Å². The SMILES string of the molecule is C[C@H]1CC2(CC[C@@H]1N)OCCO2. The number of hydrogen-bond acceptors (Lipinski definition) is 3. The molecule has 1 heterocycles. The largest absolute Gasteiger partial charge is 0.348 e. The Bertz CT molecular complexity index is 166. The fraction of sp³-hybridized carbons (Fsp3) is 1.00. The van der Waals surface area contributed by atoms with Crippen molar-refractivity contribution in [3.8, 4) is 0 Å². The number of nitrogens with two attached hydrogens (primary N) is 1. The molecule has 2 atom stereocenters. The summed E-state index contributed by atoms with van der Waals surface area (Å²) in [7, 11) is 0. The smallest absolute Gasteiger partial charge is 0.168 e. The van der Waals surface area contributed by atoms with Crippen molar-refractivity contribution in [2.24, 2.45) is 11.7 Å². The summed E-state index contributed by atoms with van der Waals surface area (Å²) >= 11 is 0. The van der Waals surface area contributed by atoms with Gasteiger partial charge in [0.05, 0.1) is 13.2 Å². The van der Waals surface area contributed by atoms with Crippen molar-refractivity contribution in [1.82, 2.24) is 0 Å². The molecule has 1 aliphatic carbocycles. The van der Waals surface area contributed by atoms with Gasteiger partial charge in [0.15, 0.2) is 5.79 Å². The first kappa shape index (κ1) is 8.48. The first-order valence-electron chi connectivity index (χ1n) is 4.75. The van der Waals surface area contributed by atoms with Crippen molar-refractivity contribution in [2.75, 3.05) is 13.2 Å². The van der Waals surface area contributed by atoms with Gasteiger partial charge >= 0.3 is 0 Å². The van der Waals surface area contributed by atoms with Crippen LogP contribution in [0.4, 0.5) is 0 Å². The Morgan fingerprint density at radius 2 is 2.00 bits per heavy atom. The van der Waals surface area contributed by atoms with E-state index < -0.39 is 0 Å². The lowest BCUT2D eigenvalue weighted by Crippen LogP contribution is -2.44. The van der Waals surface area contributed by atoms with Crippen LogP contribution in [0.3, 0.4) is 0 Å². The topological polar surface area (TPSA) is 44.5 Å². The summed E-state index contributed by atoms with van der Waals surface area (Å²) < 4.78 is 11.2. The van der Waals surface area contributed by atoms with E-state index in [1.54, 1.807) is 0 Å². The Morgan fingerprint density at radius 1 is 1.33 bits per heavy atom. The summed E-state index contributed by atoms with van der Waals surface area (Å²) in [6.45, 7) is 3.68. The highest BCUT2D eigenvalue weighted by Gasteiger charge is 2.42. The van der Waals surface area contributed by atoms with E-state index >= 15 is 0 Å². The van der Waals surface area contributed by atoms with Crippen LogP contribution in [-0.2, 0) is 9.47 Å². The van der Waals surface area contributed by atoms with Crippen molar-refractivity contribution in [3.05, 3.63) is 0 Å². The van der Waals surface area contributed by atoms with E-state index in [1.807, 2.05) is 0 Å². The van der Waals surface area contributed by atoms with E-state index in [1.165, 1.54) is 0 Å². The maximum atomic E-state index is 5.92. The van der Waals surface area contributed by atoms with Crippen molar-refractivity contribution in [2.45, 2.75) is 38.0 Å². The zero-order chi connectivity index (χ0) is 8.60. The van der Waals surface area contributed by atoms with Gasteiger partial charge < -0.3 is 15.2 Å². The molecule has 3 nitrogen and oxygen atoms in total. The Kier molecular flexibility index (Phi) is 2.10. The van der Waals surface area contributed by atoms with Gasteiger partial charge in [0, 0.05) is 18.9 Å². The maximum Gasteiger partial charge on any atom is 0.168 e. The third kappa shape index (κ3) is 1.37. The van der Waals surface area contributed by atoms with Gasteiger partial charge in [0.25, 0.3) is 0 Å². The molecule has 1 saturated carbocycles. The lowest BCUT2D eigenvalue weighted by atomic mass is 9.82. The molecule has 0 unspecified atom stereocenters. The van der Waals surface area contributed by atoms with E-state index in [2.05, 4.69) is 6.92 Å². The van der Waals surface area contributed by atoms with Gasteiger partial charge in [-0.05, 0) is 12.3 Å². The third-order valence-corrected chi connectivity index (χ3v) is 3.04. The summed E-state index contributed by atoms with van der Waals surface area (Å²) in [5, 5.41) is 0. The van der Waals surface area contributed by atoms with Crippen LogP contribution in [-0.4, -0.2) is 25.0 Å². The highest BCUT2D eigenvalue weighted by Crippen LogP contribution is 2.37. The summed E-state index contributed by atoms with van der Waals surface area (Å²) in [5.41, 5.74) is 5.92. The number of hydrogen-bond donors (Lipinski definition) is 1. The van der Waals surface area contributed by atoms with Crippen LogP contribution in [0.2, 0.25) is 0 Å². The molecular weight excluding hydrogens is 154 g/mol. The minimum Gasteiger partial charge on any atom is -0.348 e. The van der Waals surface area contributed by atoms with Gasteiger partial charge in [-0.3, -0.25) is 0 Å². The van der Waals surface area contributed by atoms with Crippen LogP contribution >= 0.6 is 0 Å². The first-order valence-corrected chi connectivity index (χ1v) is 4.75. The van der Waals surface area contributed by atoms with E-state index in [0.29, 0.717) is 12.0 Å². The molecule has 0 aromatic heterocycles. The molecular formula is C9H17NO2. The van der Waals surface area contributed by atoms with Crippen LogP contribution in [0.5, 0.6) is 0 Å². The van der Waals surface area contributed by atoms with Gasteiger partial charge in [0.1, 0.15) is 0 Å². The zero-order valence-electron chi connectivity index (χ0n) is 7.58. The van der Waals surface area contributed by atoms with Crippen molar-refractivity contribution >= 4 is 0 Å². The van der Waals surface area contributed by atoms with Crippen molar-refractivity contribution < 1.29 is 9.47 Å². The standard InChI is InChI=1S/C9H17NO2/c1-7-6-9(3-2-8(7)10)11-4-5-12-9/h7-8H,2-6,10H2,1H3/t7-,8-/m0/s1. The monoisotopic (exact) mass is 171 g/mol. The summed E-state index contributed by atoms with van der Waals surface area (Å²) in [6.07, 6.45) is 2.97. The Labute approximate surface area is 73.2 Å². The molecule has 2 N–H and O–H groups in total. The molecule has 0 radical (unpaired) electrons. The molecule has 0 aromatic rings. The highest BCUT2D eigenvalue weighted by molar-refractivity contribution is 4.87. The van der Waals surface area contributed by atoms with Gasteiger partial charge in [-0.2, -0.15) is 0 Å². The summed E-state index contributed by atoms with van der Waals surface area (Å²) in [6, 6.07) is 0.337. The molecule has 1 saturated heterocycles. The fourth-order valence-electron chi connectivity index (χ4n) is 2.17.